The van der Waals surface area contributed by atoms with E-state index in [2.05, 4.69) is 27.0 Å². The van der Waals surface area contributed by atoms with Crippen molar-refractivity contribution in [2.24, 2.45) is 0 Å². The summed E-state index contributed by atoms with van der Waals surface area (Å²) in [4.78, 5) is 10.7. The van der Waals surface area contributed by atoms with Crippen molar-refractivity contribution in [1.29, 1.82) is 0 Å². The van der Waals surface area contributed by atoms with E-state index in [1.807, 2.05) is 6.07 Å². The fourth-order valence-electron chi connectivity index (χ4n) is 3.14. The van der Waals surface area contributed by atoms with Crippen molar-refractivity contribution < 1.29 is 14.2 Å². The van der Waals surface area contributed by atoms with Gasteiger partial charge in [0.2, 0.25) is 0 Å². The van der Waals surface area contributed by atoms with E-state index in [0.717, 1.165) is 43.8 Å². The normalized spacial score (nSPS) is 15.9. The molecule has 0 aliphatic carbocycles. The number of rotatable bonds is 7. The molecule has 2 aromatic rings. The molecule has 0 bridgehead atoms. The van der Waals surface area contributed by atoms with Gasteiger partial charge in [-0.3, -0.25) is 4.90 Å². The highest BCUT2D eigenvalue weighted by Crippen LogP contribution is 2.23. The van der Waals surface area contributed by atoms with E-state index in [1.165, 1.54) is 5.56 Å². The third-order valence-electron chi connectivity index (χ3n) is 4.40. The molecule has 2 heterocycles. The molecular formula is C19H25N3O3. The molecule has 1 saturated heterocycles. The number of benzene rings is 1. The lowest BCUT2D eigenvalue weighted by molar-refractivity contribution is 0.0892. The molecule has 0 N–H and O–H groups in total. The minimum atomic E-state index is 0.193. The van der Waals surface area contributed by atoms with Crippen LogP contribution in [0.25, 0.3) is 0 Å². The Morgan fingerprint density at radius 3 is 2.56 bits per heavy atom. The lowest BCUT2D eigenvalue weighted by Crippen LogP contribution is -2.38. The van der Waals surface area contributed by atoms with Gasteiger partial charge in [-0.15, -0.1) is 0 Å². The van der Waals surface area contributed by atoms with Crippen LogP contribution in [0.1, 0.15) is 24.0 Å². The molecule has 1 aromatic carbocycles. The highest BCUT2D eigenvalue weighted by atomic mass is 16.5. The number of piperidine rings is 1. The first kappa shape index (κ1) is 17.6. The van der Waals surface area contributed by atoms with Crippen LogP contribution in [0.2, 0.25) is 0 Å². The van der Waals surface area contributed by atoms with E-state index in [1.54, 1.807) is 32.7 Å². The van der Waals surface area contributed by atoms with Crippen molar-refractivity contribution in [3.63, 3.8) is 0 Å². The van der Waals surface area contributed by atoms with Gasteiger partial charge in [0, 0.05) is 44.7 Å². The van der Waals surface area contributed by atoms with Crippen LogP contribution in [0.4, 0.5) is 0 Å². The summed E-state index contributed by atoms with van der Waals surface area (Å²) in [6.45, 7) is 3.49. The highest BCUT2D eigenvalue weighted by molar-refractivity contribution is 5.37. The van der Waals surface area contributed by atoms with Gasteiger partial charge >= 0.3 is 6.01 Å². The highest BCUT2D eigenvalue weighted by Gasteiger charge is 2.21. The van der Waals surface area contributed by atoms with E-state index < -0.39 is 0 Å². The number of hydrogen-bond donors (Lipinski definition) is 0. The zero-order valence-electron chi connectivity index (χ0n) is 14.9. The third kappa shape index (κ3) is 4.90. The summed E-state index contributed by atoms with van der Waals surface area (Å²) in [5.74, 6) is 0.876. The first-order valence-corrected chi connectivity index (χ1v) is 8.59. The van der Waals surface area contributed by atoms with Crippen LogP contribution in [0, 0.1) is 0 Å². The van der Waals surface area contributed by atoms with Crippen molar-refractivity contribution >= 4 is 0 Å². The molecule has 134 valence electrons. The molecule has 1 fully saturated rings. The quantitative estimate of drug-likeness (QED) is 0.770. The Morgan fingerprint density at radius 1 is 1.12 bits per heavy atom. The predicted molar refractivity (Wildman–Crippen MR) is 94.7 cm³/mol. The lowest BCUT2D eigenvalue weighted by atomic mass is 10.1. The van der Waals surface area contributed by atoms with E-state index in [0.29, 0.717) is 12.6 Å². The van der Waals surface area contributed by atoms with Crippen LogP contribution in [-0.2, 0) is 17.9 Å². The van der Waals surface area contributed by atoms with Crippen LogP contribution in [0.15, 0.2) is 36.7 Å². The molecule has 25 heavy (non-hydrogen) atoms. The third-order valence-corrected chi connectivity index (χ3v) is 4.40. The molecule has 0 amide bonds. The molecule has 1 aromatic heterocycles. The van der Waals surface area contributed by atoms with Crippen molar-refractivity contribution in [3.8, 4) is 11.8 Å². The maximum atomic E-state index is 5.85. The lowest BCUT2D eigenvalue weighted by Gasteiger charge is -2.31. The topological polar surface area (TPSA) is 56.7 Å². The Bertz CT molecular complexity index is 658. The Kier molecular flexibility index (Phi) is 6.19. The van der Waals surface area contributed by atoms with Gasteiger partial charge in [-0.2, -0.15) is 0 Å². The first-order chi connectivity index (χ1) is 12.3. The minimum absolute atomic E-state index is 0.193. The molecule has 3 rings (SSSR count). The van der Waals surface area contributed by atoms with E-state index >= 15 is 0 Å². The van der Waals surface area contributed by atoms with Gasteiger partial charge in [-0.05, 0) is 36.6 Å². The summed E-state index contributed by atoms with van der Waals surface area (Å²) in [6, 6.07) is 8.58. The average Bonchev–Trinajstić information content (AvgIpc) is 2.65. The van der Waals surface area contributed by atoms with Crippen molar-refractivity contribution in [2.45, 2.75) is 32.1 Å². The summed E-state index contributed by atoms with van der Waals surface area (Å²) in [6.07, 6.45) is 5.58. The maximum Gasteiger partial charge on any atom is 0.316 e. The number of nitrogens with zero attached hydrogens (tertiary/aromatic N) is 3. The van der Waals surface area contributed by atoms with Gasteiger partial charge in [-0.25, -0.2) is 9.97 Å². The van der Waals surface area contributed by atoms with Gasteiger partial charge in [-0.1, -0.05) is 6.07 Å². The van der Waals surface area contributed by atoms with E-state index in [-0.39, 0.29) is 6.10 Å². The van der Waals surface area contributed by atoms with E-state index in [9.17, 15) is 0 Å². The molecule has 6 nitrogen and oxygen atoms in total. The number of hydrogen-bond acceptors (Lipinski definition) is 6. The van der Waals surface area contributed by atoms with Crippen molar-refractivity contribution in [2.75, 3.05) is 27.3 Å². The molecule has 1 aliphatic heterocycles. The van der Waals surface area contributed by atoms with Gasteiger partial charge in [0.05, 0.1) is 13.7 Å². The van der Waals surface area contributed by atoms with Crippen LogP contribution in [-0.4, -0.2) is 48.3 Å². The van der Waals surface area contributed by atoms with E-state index in [4.69, 9.17) is 14.2 Å². The van der Waals surface area contributed by atoms with Gasteiger partial charge < -0.3 is 14.2 Å². The summed E-state index contributed by atoms with van der Waals surface area (Å²) >= 11 is 0. The zero-order chi connectivity index (χ0) is 17.5. The smallest absolute Gasteiger partial charge is 0.316 e. The molecule has 0 saturated carbocycles. The Labute approximate surface area is 148 Å². The van der Waals surface area contributed by atoms with Crippen LogP contribution in [0.3, 0.4) is 0 Å². The Balaban J connectivity index is 1.52. The zero-order valence-corrected chi connectivity index (χ0v) is 14.9. The van der Waals surface area contributed by atoms with Gasteiger partial charge in [0.15, 0.2) is 0 Å². The standard InChI is InChI=1S/C19H25N3O3/c1-23-14-16-12-15(4-5-18(16)24-2)13-22-10-6-17(7-11-22)25-19-20-8-3-9-21-19/h3-5,8-9,12,17H,6-7,10-11,13-14H2,1-2H3. The number of methoxy groups -OCH3 is 2. The van der Waals surface area contributed by atoms with Crippen molar-refractivity contribution in [3.05, 3.63) is 47.8 Å². The first-order valence-electron chi connectivity index (χ1n) is 8.59. The second-order valence-electron chi connectivity index (χ2n) is 6.20. The largest absolute Gasteiger partial charge is 0.496 e. The number of ether oxygens (including phenoxy) is 3. The van der Waals surface area contributed by atoms with Crippen molar-refractivity contribution in [1.82, 2.24) is 14.9 Å². The number of aromatic nitrogens is 2. The molecule has 0 atom stereocenters. The minimum Gasteiger partial charge on any atom is -0.496 e. The Hall–Kier alpha value is -2.18. The molecular weight excluding hydrogens is 318 g/mol. The molecule has 0 unspecified atom stereocenters. The average molecular weight is 343 g/mol. The fourth-order valence-corrected chi connectivity index (χ4v) is 3.14. The summed E-state index contributed by atoms with van der Waals surface area (Å²) in [5, 5.41) is 0. The van der Waals surface area contributed by atoms with Gasteiger partial charge in [0.1, 0.15) is 11.9 Å². The van der Waals surface area contributed by atoms with Crippen LogP contribution in [0.5, 0.6) is 11.8 Å². The second kappa shape index (κ2) is 8.78. The number of likely N-dealkylation sites (tertiary alicyclic amines) is 1. The summed E-state index contributed by atoms with van der Waals surface area (Å²) in [7, 11) is 3.39. The molecule has 0 radical (unpaired) electrons. The summed E-state index contributed by atoms with van der Waals surface area (Å²) < 4.78 is 16.5. The fraction of sp³-hybridized carbons (Fsp3) is 0.474. The monoisotopic (exact) mass is 343 g/mol. The SMILES string of the molecule is COCc1cc(CN2CCC(Oc3ncccn3)CC2)ccc1OC. The molecule has 1 aliphatic rings. The molecule has 6 heteroatoms. The van der Waals surface area contributed by atoms with Crippen LogP contribution < -0.4 is 9.47 Å². The maximum absolute atomic E-state index is 5.85. The summed E-state index contributed by atoms with van der Waals surface area (Å²) in [5.41, 5.74) is 2.36. The predicted octanol–water partition coefficient (Wildman–Crippen LogP) is 2.68. The van der Waals surface area contributed by atoms with Crippen LogP contribution >= 0.6 is 0 Å². The molecule has 0 spiro atoms. The second-order valence-corrected chi connectivity index (χ2v) is 6.20. The van der Waals surface area contributed by atoms with Gasteiger partial charge in [0.25, 0.3) is 0 Å². The Morgan fingerprint density at radius 2 is 1.88 bits per heavy atom.